The van der Waals surface area contributed by atoms with Gasteiger partial charge in [0.25, 0.3) is 5.91 Å². The number of benzene rings is 1. The van der Waals surface area contributed by atoms with Crippen LogP contribution < -0.4 is 5.32 Å². The summed E-state index contributed by atoms with van der Waals surface area (Å²) < 4.78 is 4.75. The Morgan fingerprint density at radius 3 is 2.71 bits per heavy atom. The highest BCUT2D eigenvalue weighted by atomic mass is 32.1. The molecule has 0 aliphatic heterocycles. The molecule has 0 bridgehead atoms. The van der Waals surface area contributed by atoms with Crippen molar-refractivity contribution >= 4 is 39.2 Å². The molecule has 3 aromatic rings. The molecule has 7 nitrogen and oxygen atoms in total. The molecule has 0 atom stereocenters. The van der Waals surface area contributed by atoms with E-state index in [4.69, 9.17) is 4.74 Å². The van der Waals surface area contributed by atoms with Crippen LogP contribution in [0.1, 0.15) is 45.6 Å². The van der Waals surface area contributed by atoms with Crippen LogP contribution in [0, 0.1) is 0 Å². The number of nitrogens with zero attached hydrogens (tertiary/aromatic N) is 2. The highest BCUT2D eigenvalue weighted by molar-refractivity contribution is 7.16. The maximum atomic E-state index is 12.5. The maximum absolute atomic E-state index is 12.5. The Bertz CT molecular complexity index is 913. The number of aromatic amines is 1. The van der Waals surface area contributed by atoms with Gasteiger partial charge in [-0.2, -0.15) is 5.10 Å². The summed E-state index contributed by atoms with van der Waals surface area (Å²) in [5.41, 5.74) is 1.30. The van der Waals surface area contributed by atoms with E-state index in [9.17, 15) is 9.59 Å². The Morgan fingerprint density at radius 1 is 1.25 bits per heavy atom. The van der Waals surface area contributed by atoms with Crippen molar-refractivity contribution in [3.05, 3.63) is 40.5 Å². The van der Waals surface area contributed by atoms with E-state index in [0.29, 0.717) is 5.13 Å². The first kappa shape index (κ1) is 16.1. The first-order chi connectivity index (χ1) is 11.5. The second kappa shape index (κ2) is 6.40. The van der Waals surface area contributed by atoms with Crippen LogP contribution in [0.2, 0.25) is 0 Å². The number of nitrogens with one attached hydrogen (secondary N) is 2. The first-order valence-corrected chi connectivity index (χ1v) is 8.16. The molecule has 0 radical (unpaired) electrons. The van der Waals surface area contributed by atoms with E-state index in [-0.39, 0.29) is 23.2 Å². The molecular formula is C16H16N4O3S. The summed E-state index contributed by atoms with van der Waals surface area (Å²) in [6, 6.07) is 7.36. The Labute approximate surface area is 142 Å². The lowest BCUT2D eigenvalue weighted by Crippen LogP contribution is -2.13. The van der Waals surface area contributed by atoms with Crippen molar-refractivity contribution in [3.63, 3.8) is 0 Å². The lowest BCUT2D eigenvalue weighted by molar-refractivity contribution is 0.0593. The van der Waals surface area contributed by atoms with Gasteiger partial charge in [0, 0.05) is 10.3 Å². The molecule has 8 heteroatoms. The lowest BCUT2D eigenvalue weighted by Gasteiger charge is -2.02. The molecule has 24 heavy (non-hydrogen) atoms. The van der Waals surface area contributed by atoms with Crippen LogP contribution >= 0.6 is 11.3 Å². The SMILES string of the molecule is COC(=O)c1nc(NC(=O)c2n[nH]c3ccccc23)sc1C(C)C. The molecular weight excluding hydrogens is 328 g/mol. The fourth-order valence-electron chi connectivity index (χ4n) is 2.31. The van der Waals surface area contributed by atoms with Crippen LogP contribution in [0.25, 0.3) is 10.9 Å². The van der Waals surface area contributed by atoms with Crippen LogP contribution in [-0.4, -0.2) is 34.2 Å². The van der Waals surface area contributed by atoms with E-state index in [0.717, 1.165) is 15.8 Å². The number of methoxy groups -OCH3 is 1. The molecule has 0 fully saturated rings. The Balaban J connectivity index is 1.91. The molecule has 0 aliphatic rings. The average molecular weight is 344 g/mol. The van der Waals surface area contributed by atoms with Gasteiger partial charge in [0.15, 0.2) is 16.5 Å². The van der Waals surface area contributed by atoms with Crippen LogP contribution in [0.15, 0.2) is 24.3 Å². The Morgan fingerprint density at radius 2 is 2.00 bits per heavy atom. The lowest BCUT2D eigenvalue weighted by atomic mass is 10.1. The maximum Gasteiger partial charge on any atom is 0.357 e. The molecule has 2 heterocycles. The smallest absolute Gasteiger partial charge is 0.357 e. The zero-order valence-corrected chi connectivity index (χ0v) is 14.2. The van der Waals surface area contributed by atoms with Crippen molar-refractivity contribution in [1.82, 2.24) is 15.2 Å². The second-order valence-electron chi connectivity index (χ2n) is 5.45. The van der Waals surface area contributed by atoms with Crippen LogP contribution in [0.3, 0.4) is 0 Å². The molecule has 0 unspecified atom stereocenters. The van der Waals surface area contributed by atoms with E-state index in [1.165, 1.54) is 18.4 Å². The standard InChI is InChI=1S/C16H16N4O3S/c1-8(2)13-12(15(22)23-3)17-16(24-13)18-14(21)11-9-6-4-5-7-10(9)19-20-11/h4-8H,1-3H3,(H,19,20)(H,17,18,21). The summed E-state index contributed by atoms with van der Waals surface area (Å²) in [5.74, 6) is -0.804. The number of aromatic nitrogens is 3. The highest BCUT2D eigenvalue weighted by Crippen LogP contribution is 2.30. The summed E-state index contributed by atoms with van der Waals surface area (Å²) in [7, 11) is 1.31. The van der Waals surface area contributed by atoms with E-state index < -0.39 is 5.97 Å². The summed E-state index contributed by atoms with van der Waals surface area (Å²) in [5, 5.41) is 10.6. The summed E-state index contributed by atoms with van der Waals surface area (Å²) >= 11 is 1.26. The number of fused-ring (bicyclic) bond motifs is 1. The molecule has 124 valence electrons. The third kappa shape index (κ3) is 2.88. The third-order valence-electron chi connectivity index (χ3n) is 3.46. The molecule has 2 aromatic heterocycles. The zero-order chi connectivity index (χ0) is 17.3. The van der Waals surface area contributed by atoms with Crippen molar-refractivity contribution in [2.45, 2.75) is 19.8 Å². The van der Waals surface area contributed by atoms with Crippen molar-refractivity contribution in [3.8, 4) is 0 Å². The average Bonchev–Trinajstić information content (AvgIpc) is 3.18. The number of thiazole rings is 1. The summed E-state index contributed by atoms with van der Waals surface area (Å²) in [4.78, 5) is 29.3. The number of hydrogen-bond donors (Lipinski definition) is 2. The number of hydrogen-bond acceptors (Lipinski definition) is 6. The van der Waals surface area contributed by atoms with Gasteiger partial charge in [-0.25, -0.2) is 9.78 Å². The van der Waals surface area contributed by atoms with Gasteiger partial charge < -0.3 is 4.74 Å². The van der Waals surface area contributed by atoms with E-state index >= 15 is 0 Å². The number of carbonyl (C=O) groups excluding carboxylic acids is 2. The topological polar surface area (TPSA) is 97.0 Å². The minimum atomic E-state index is -0.513. The fraction of sp³-hybridized carbons (Fsp3) is 0.250. The molecule has 0 saturated carbocycles. The minimum Gasteiger partial charge on any atom is -0.464 e. The van der Waals surface area contributed by atoms with Gasteiger partial charge >= 0.3 is 5.97 Å². The van der Waals surface area contributed by atoms with E-state index in [2.05, 4.69) is 20.5 Å². The number of H-pyrrole nitrogens is 1. The van der Waals surface area contributed by atoms with Gasteiger partial charge in [0.2, 0.25) is 0 Å². The Hall–Kier alpha value is -2.74. The predicted octanol–water partition coefficient (Wildman–Crippen LogP) is 3.18. The summed E-state index contributed by atoms with van der Waals surface area (Å²) in [6.07, 6.45) is 0. The number of esters is 1. The number of carbonyl (C=O) groups is 2. The van der Waals surface area contributed by atoms with Crippen LogP contribution in [-0.2, 0) is 4.74 Å². The molecule has 0 saturated heterocycles. The van der Waals surface area contributed by atoms with Crippen molar-refractivity contribution < 1.29 is 14.3 Å². The van der Waals surface area contributed by atoms with Gasteiger partial charge in [-0.15, -0.1) is 11.3 Å². The van der Waals surface area contributed by atoms with E-state index in [1.807, 2.05) is 38.1 Å². The summed E-state index contributed by atoms with van der Waals surface area (Å²) in [6.45, 7) is 3.90. The normalized spacial score (nSPS) is 11.0. The van der Waals surface area contributed by atoms with Gasteiger partial charge in [0.05, 0.1) is 12.6 Å². The highest BCUT2D eigenvalue weighted by Gasteiger charge is 2.23. The largest absolute Gasteiger partial charge is 0.464 e. The van der Waals surface area contributed by atoms with Gasteiger partial charge in [-0.3, -0.25) is 15.2 Å². The van der Waals surface area contributed by atoms with Crippen LogP contribution in [0.5, 0.6) is 0 Å². The number of ether oxygens (including phenoxy) is 1. The van der Waals surface area contributed by atoms with Crippen molar-refractivity contribution in [2.24, 2.45) is 0 Å². The predicted molar refractivity (Wildman–Crippen MR) is 91.6 cm³/mol. The van der Waals surface area contributed by atoms with Gasteiger partial charge in [-0.05, 0) is 12.0 Å². The quantitative estimate of drug-likeness (QED) is 0.709. The molecule has 0 spiro atoms. The Kier molecular flexibility index (Phi) is 4.30. The molecule has 1 aromatic carbocycles. The number of amides is 1. The van der Waals surface area contributed by atoms with E-state index in [1.54, 1.807) is 0 Å². The van der Waals surface area contributed by atoms with Crippen molar-refractivity contribution in [2.75, 3.05) is 12.4 Å². The minimum absolute atomic E-state index is 0.0912. The molecule has 1 amide bonds. The first-order valence-electron chi connectivity index (χ1n) is 7.34. The fourth-order valence-corrected chi connectivity index (χ4v) is 3.26. The molecule has 0 aliphatic carbocycles. The molecule has 2 N–H and O–H groups in total. The second-order valence-corrected chi connectivity index (χ2v) is 6.48. The van der Waals surface area contributed by atoms with Gasteiger partial charge in [0.1, 0.15) is 0 Å². The monoisotopic (exact) mass is 344 g/mol. The number of anilines is 1. The zero-order valence-electron chi connectivity index (χ0n) is 13.4. The third-order valence-corrected chi connectivity index (χ3v) is 4.73. The molecule has 3 rings (SSSR count). The number of rotatable bonds is 4. The van der Waals surface area contributed by atoms with Crippen LogP contribution in [0.4, 0.5) is 5.13 Å². The van der Waals surface area contributed by atoms with Gasteiger partial charge in [-0.1, -0.05) is 32.0 Å². The number of para-hydroxylation sites is 1. The van der Waals surface area contributed by atoms with Crippen molar-refractivity contribution in [1.29, 1.82) is 0 Å².